The Balaban J connectivity index is -0.000000752. The number of carbonyl (C=O) groups excluding carboxylic acids is 3. The molecule has 0 heterocycles. The molecule has 0 fully saturated rings. The van der Waals surface area contributed by atoms with Gasteiger partial charge in [0.25, 0.3) is 0 Å². The van der Waals surface area contributed by atoms with Crippen LogP contribution in [0.2, 0.25) is 0 Å². The fourth-order valence-corrected chi connectivity index (χ4v) is 2.84. The van der Waals surface area contributed by atoms with Gasteiger partial charge in [-0.05, 0) is 33.1 Å². The summed E-state index contributed by atoms with van der Waals surface area (Å²) >= 11 is 0. The molecule has 0 spiro atoms. The van der Waals surface area contributed by atoms with E-state index in [1.165, 1.54) is 20.8 Å². The van der Waals surface area contributed by atoms with Gasteiger partial charge in [-0.25, -0.2) is 40.0 Å². The van der Waals surface area contributed by atoms with E-state index in [-0.39, 0.29) is 41.7 Å². The lowest BCUT2D eigenvalue weighted by molar-refractivity contribution is -0.206. The topological polar surface area (TPSA) is 212 Å². The zero-order valence-corrected chi connectivity index (χ0v) is 32.1. The summed E-state index contributed by atoms with van der Waals surface area (Å²) in [5, 5.41) is -9.18. The first-order valence-electron chi connectivity index (χ1n) is 14.9. The molecule has 0 aliphatic carbocycles. The molecule has 24 heteroatoms. The Bertz CT molecular complexity index is 1620. The van der Waals surface area contributed by atoms with E-state index in [9.17, 15) is 75.4 Å². The van der Waals surface area contributed by atoms with Crippen LogP contribution in [0.1, 0.15) is 54.4 Å². The summed E-state index contributed by atoms with van der Waals surface area (Å²) in [4.78, 5) is 33.1. The smallest absolute Gasteiger partial charge is 0.367 e. The van der Waals surface area contributed by atoms with E-state index < -0.39 is 105 Å². The molecule has 0 aromatic heterocycles. The van der Waals surface area contributed by atoms with Crippen molar-refractivity contribution in [3.05, 3.63) is 61.1 Å². The van der Waals surface area contributed by atoms with Crippen LogP contribution in [0.5, 0.6) is 0 Å². The van der Waals surface area contributed by atoms with Crippen LogP contribution in [0, 0.1) is 5.92 Å². The van der Waals surface area contributed by atoms with E-state index in [4.69, 9.17) is 4.74 Å². The third-order valence-corrected chi connectivity index (χ3v) is 7.30. The maximum Gasteiger partial charge on any atom is 0.367 e. The average molecular weight is 855 g/mol. The van der Waals surface area contributed by atoms with Gasteiger partial charge in [0.1, 0.15) is 18.1 Å². The molecule has 1 unspecified atom stereocenters. The van der Waals surface area contributed by atoms with E-state index in [0.717, 1.165) is 0 Å². The number of alkyl halides is 8. The van der Waals surface area contributed by atoms with E-state index in [1.807, 2.05) is 0 Å². The third kappa shape index (κ3) is 22.8. The van der Waals surface area contributed by atoms with Gasteiger partial charge >= 0.3 is 40.3 Å². The van der Waals surface area contributed by atoms with Crippen molar-refractivity contribution in [2.24, 2.45) is 5.92 Å². The Morgan fingerprint density at radius 1 is 0.655 bits per heavy atom. The van der Waals surface area contributed by atoms with Crippen molar-refractivity contribution in [3.63, 3.8) is 0 Å². The Hall–Kier alpha value is -4.03. The molecule has 0 saturated heterocycles. The molecule has 14 nitrogen and oxygen atoms in total. The number of rotatable bonds is 21. The lowest BCUT2D eigenvalue weighted by Gasteiger charge is -2.25. The summed E-state index contributed by atoms with van der Waals surface area (Å²) in [7, 11) is -11.7. The van der Waals surface area contributed by atoms with Gasteiger partial charge in [0.15, 0.2) is 39.6 Å². The summed E-state index contributed by atoms with van der Waals surface area (Å²) in [5.74, 6) is -11.5. The molecule has 55 heavy (non-hydrogen) atoms. The van der Waals surface area contributed by atoms with Gasteiger partial charge in [0.05, 0.1) is 13.0 Å². The first kappa shape index (κ1) is 55.3. The van der Waals surface area contributed by atoms with Gasteiger partial charge in [-0.15, -0.1) is 0 Å². The van der Waals surface area contributed by atoms with Crippen molar-refractivity contribution in [2.75, 3.05) is 26.4 Å². The average Bonchev–Trinajstić information content (AvgIpc) is 2.99. The zero-order chi connectivity index (χ0) is 44.6. The Morgan fingerprint density at radius 2 is 1.04 bits per heavy atom. The number of carbonyl (C=O) groups is 3. The van der Waals surface area contributed by atoms with Crippen molar-refractivity contribution in [1.29, 1.82) is 0 Å². The van der Waals surface area contributed by atoms with Crippen molar-refractivity contribution < 1.29 is 99.1 Å². The van der Waals surface area contributed by atoms with Crippen LogP contribution < -0.4 is 0 Å². The number of halogens is 8. The van der Waals surface area contributed by atoms with Crippen LogP contribution >= 0.6 is 0 Å². The third-order valence-electron chi connectivity index (χ3n) is 5.60. The standard InChI is InChI=1S/C13H20F2O6S.C9H12F4O2.C9H12F2O6S/c1-8(2)6-11(21-12(16)9(3)4)10(5)20-7-13(14,15)22(17,18)19;1-6(2)7(14)15-5-4-9(12,13)8(3,10)11;1-6(2)8(12)16-4-7(3)17-5-9(10,11)18(13,14)15/h8,11H,3,5-7H2,1-2,4H3,(H,17,18,19);1,4-5H2,2-3H3;1,3-5H2,2H3,(H,13,14,15)/p-2. The first-order valence-corrected chi connectivity index (χ1v) is 17.7. The van der Waals surface area contributed by atoms with Crippen LogP contribution in [0.25, 0.3) is 0 Å². The largest absolute Gasteiger partial charge is 0.743 e. The SMILES string of the molecule is C=C(C)C(=O)OC(CC(C)C)C(=C)OCC(F)(F)S(=O)(=O)[O-].C=C(C)C(=O)OCCC(F)(F)C(C)(F)F.C=C(COC(=O)C(=C)C)OCC(F)(F)S(=O)(=O)[O-]. The molecule has 0 aromatic rings. The van der Waals surface area contributed by atoms with E-state index in [1.54, 1.807) is 13.8 Å². The number of hydrogen-bond acceptors (Lipinski definition) is 14. The fraction of sp³-hybridized carbons (Fsp3) is 0.581. The molecular weight excluding hydrogens is 812 g/mol. The molecular formula is C31H42F8O14S2-2. The fourth-order valence-electron chi connectivity index (χ4n) is 2.43. The lowest BCUT2D eigenvalue weighted by Crippen LogP contribution is -2.38. The highest BCUT2D eigenvalue weighted by Crippen LogP contribution is 2.36. The molecule has 0 aliphatic heterocycles. The summed E-state index contributed by atoms with van der Waals surface area (Å²) in [6.45, 7) is 19.4. The molecule has 320 valence electrons. The minimum Gasteiger partial charge on any atom is -0.743 e. The van der Waals surface area contributed by atoms with Crippen molar-refractivity contribution in [3.8, 4) is 0 Å². The molecule has 0 aliphatic rings. The highest BCUT2D eigenvalue weighted by Gasteiger charge is 2.51. The summed E-state index contributed by atoms with van der Waals surface area (Å²) in [6.07, 6.45) is -2.06. The van der Waals surface area contributed by atoms with Gasteiger partial charge in [-0.3, -0.25) is 0 Å². The van der Waals surface area contributed by atoms with Crippen LogP contribution in [-0.4, -0.2) is 98.7 Å². The monoisotopic (exact) mass is 854 g/mol. The van der Waals surface area contributed by atoms with Crippen LogP contribution in [0.4, 0.5) is 35.1 Å². The number of esters is 3. The van der Waals surface area contributed by atoms with Crippen LogP contribution in [-0.2, 0) is 58.3 Å². The van der Waals surface area contributed by atoms with E-state index in [2.05, 4.69) is 51.8 Å². The van der Waals surface area contributed by atoms with Gasteiger partial charge in [0.2, 0.25) is 0 Å². The summed E-state index contributed by atoms with van der Waals surface area (Å²) in [5.41, 5.74) is 0.200. The Kier molecular flexibility index (Phi) is 22.6. The molecule has 1 atom stereocenters. The Morgan fingerprint density at radius 3 is 1.38 bits per heavy atom. The molecule has 0 saturated carbocycles. The van der Waals surface area contributed by atoms with Gasteiger partial charge in [-0.1, -0.05) is 46.7 Å². The molecule has 0 rings (SSSR count). The molecule has 0 aromatic carbocycles. The second-order valence-corrected chi connectivity index (χ2v) is 14.7. The van der Waals surface area contributed by atoms with Gasteiger partial charge in [-0.2, -0.15) is 26.3 Å². The van der Waals surface area contributed by atoms with Crippen LogP contribution in [0.3, 0.4) is 0 Å². The quantitative estimate of drug-likeness (QED) is 0.0336. The molecule has 0 N–H and O–H groups in total. The number of hydrogen-bond donors (Lipinski definition) is 0. The van der Waals surface area contributed by atoms with Gasteiger partial charge in [0, 0.05) is 23.6 Å². The summed E-state index contributed by atoms with van der Waals surface area (Å²) in [6, 6.07) is 0. The predicted octanol–water partition coefficient (Wildman–Crippen LogP) is 5.75. The van der Waals surface area contributed by atoms with Crippen molar-refractivity contribution in [1.82, 2.24) is 0 Å². The highest BCUT2D eigenvalue weighted by molar-refractivity contribution is 7.87. The normalized spacial score (nSPS) is 12.7. The van der Waals surface area contributed by atoms with Crippen LogP contribution in [0.15, 0.2) is 61.1 Å². The zero-order valence-electron chi connectivity index (χ0n) is 30.5. The Labute approximate surface area is 313 Å². The van der Waals surface area contributed by atoms with Gasteiger partial charge < -0.3 is 32.8 Å². The second kappa shape index (κ2) is 22.5. The number of ether oxygens (including phenoxy) is 5. The maximum absolute atomic E-state index is 13.0. The first-order chi connectivity index (χ1) is 24.3. The molecule has 0 bridgehead atoms. The minimum absolute atomic E-state index is 0.00650. The molecule has 0 radical (unpaired) electrons. The van der Waals surface area contributed by atoms with E-state index >= 15 is 0 Å². The van der Waals surface area contributed by atoms with Crippen molar-refractivity contribution in [2.45, 2.75) is 82.8 Å². The van der Waals surface area contributed by atoms with E-state index in [0.29, 0.717) is 0 Å². The summed E-state index contributed by atoms with van der Waals surface area (Å²) < 4.78 is 185. The highest BCUT2D eigenvalue weighted by atomic mass is 32.2. The minimum atomic E-state index is -5.85. The predicted molar refractivity (Wildman–Crippen MR) is 175 cm³/mol. The molecule has 0 amide bonds. The maximum atomic E-state index is 13.0. The second-order valence-electron chi connectivity index (χ2n) is 11.7. The van der Waals surface area contributed by atoms with Crippen molar-refractivity contribution >= 4 is 38.1 Å². The lowest BCUT2D eigenvalue weighted by atomic mass is 10.0.